The van der Waals surface area contributed by atoms with Crippen molar-refractivity contribution < 1.29 is 14.6 Å². The van der Waals surface area contributed by atoms with E-state index in [2.05, 4.69) is 0 Å². The third kappa shape index (κ3) is 4.82. The summed E-state index contributed by atoms with van der Waals surface area (Å²) in [7, 11) is 5.11. The molecule has 0 aliphatic rings. The number of benzene rings is 1. The maximum absolute atomic E-state index is 9.63. The summed E-state index contributed by atoms with van der Waals surface area (Å²) in [4.78, 5) is 2.00. The highest BCUT2D eigenvalue weighted by Gasteiger charge is 2.10. The number of methoxy groups -OCH3 is 2. The molecule has 5 heteroatoms. The third-order valence-corrected chi connectivity index (χ3v) is 2.93. The van der Waals surface area contributed by atoms with Crippen LogP contribution in [0.1, 0.15) is 5.56 Å². The van der Waals surface area contributed by atoms with Gasteiger partial charge in [0.2, 0.25) is 0 Å². The smallest absolute Gasteiger partial charge is 0.120 e. The molecule has 0 heterocycles. The molecule has 0 saturated heterocycles. The summed E-state index contributed by atoms with van der Waals surface area (Å²) < 4.78 is 9.99. The number of hydrogen-bond donors (Lipinski definition) is 1. The lowest BCUT2D eigenvalue weighted by atomic mass is 10.2. The number of nitrogens with zero attached hydrogens (tertiary/aromatic N) is 1. The Kier molecular flexibility index (Phi) is 6.43. The lowest BCUT2D eigenvalue weighted by Crippen LogP contribution is -2.31. The van der Waals surface area contributed by atoms with E-state index in [0.717, 1.165) is 11.3 Å². The van der Waals surface area contributed by atoms with E-state index in [-0.39, 0.29) is 0 Å². The van der Waals surface area contributed by atoms with Crippen LogP contribution in [0.3, 0.4) is 0 Å². The van der Waals surface area contributed by atoms with Gasteiger partial charge in [-0.1, -0.05) is 17.7 Å². The summed E-state index contributed by atoms with van der Waals surface area (Å²) >= 11 is 6.16. The minimum absolute atomic E-state index is 0.334. The van der Waals surface area contributed by atoms with Crippen molar-refractivity contribution in [3.63, 3.8) is 0 Å². The summed E-state index contributed by atoms with van der Waals surface area (Å²) in [5.74, 6) is 0.742. The van der Waals surface area contributed by atoms with Crippen molar-refractivity contribution in [2.24, 2.45) is 0 Å². The fourth-order valence-electron chi connectivity index (χ4n) is 1.74. The Hall–Kier alpha value is -0.810. The molecule has 1 N–H and O–H groups in total. The van der Waals surface area contributed by atoms with Gasteiger partial charge in [0, 0.05) is 25.2 Å². The van der Waals surface area contributed by atoms with E-state index < -0.39 is 6.10 Å². The standard InChI is InChI=1S/C13H20ClNO3/c1-15(8-11(16)9-17-2)7-10-4-5-12(18-3)6-13(10)14/h4-6,11,16H,7-9H2,1-3H3. The topological polar surface area (TPSA) is 41.9 Å². The maximum Gasteiger partial charge on any atom is 0.120 e. The summed E-state index contributed by atoms with van der Waals surface area (Å²) in [5.41, 5.74) is 1.00. The minimum atomic E-state index is -0.489. The highest BCUT2D eigenvalue weighted by Crippen LogP contribution is 2.23. The SMILES string of the molecule is COCC(O)CN(C)Cc1ccc(OC)cc1Cl. The lowest BCUT2D eigenvalue weighted by Gasteiger charge is -2.20. The molecule has 0 radical (unpaired) electrons. The molecule has 0 aromatic heterocycles. The van der Waals surface area contributed by atoms with Crippen LogP contribution < -0.4 is 4.74 Å². The zero-order valence-electron chi connectivity index (χ0n) is 11.0. The first-order valence-corrected chi connectivity index (χ1v) is 6.12. The number of aliphatic hydroxyl groups is 1. The molecule has 0 aliphatic heterocycles. The molecule has 1 unspecified atom stereocenters. The summed E-state index contributed by atoms with van der Waals surface area (Å²) in [6.07, 6.45) is -0.489. The number of ether oxygens (including phenoxy) is 2. The largest absolute Gasteiger partial charge is 0.497 e. The van der Waals surface area contributed by atoms with Gasteiger partial charge in [-0.05, 0) is 24.7 Å². The molecule has 102 valence electrons. The molecule has 0 amide bonds. The van der Waals surface area contributed by atoms with Gasteiger partial charge in [-0.3, -0.25) is 4.90 Å². The van der Waals surface area contributed by atoms with E-state index in [1.165, 1.54) is 0 Å². The number of hydrogen-bond acceptors (Lipinski definition) is 4. The molecule has 0 fully saturated rings. The first kappa shape index (κ1) is 15.2. The third-order valence-electron chi connectivity index (χ3n) is 2.58. The van der Waals surface area contributed by atoms with E-state index in [0.29, 0.717) is 24.7 Å². The van der Waals surface area contributed by atoms with Crippen LogP contribution >= 0.6 is 11.6 Å². The average Bonchev–Trinajstić information content (AvgIpc) is 2.31. The number of aliphatic hydroxyl groups excluding tert-OH is 1. The van der Waals surface area contributed by atoms with Gasteiger partial charge >= 0.3 is 0 Å². The minimum Gasteiger partial charge on any atom is -0.497 e. The molecule has 0 aliphatic carbocycles. The molecule has 0 saturated carbocycles. The number of likely N-dealkylation sites (N-methyl/N-ethyl adjacent to an activating group) is 1. The Balaban J connectivity index is 2.56. The molecule has 1 aromatic carbocycles. The first-order chi connectivity index (χ1) is 8.56. The second kappa shape index (κ2) is 7.59. The van der Waals surface area contributed by atoms with Gasteiger partial charge in [0.05, 0.1) is 19.8 Å². The van der Waals surface area contributed by atoms with E-state index >= 15 is 0 Å². The molecule has 1 atom stereocenters. The zero-order chi connectivity index (χ0) is 13.5. The Morgan fingerprint density at radius 1 is 1.39 bits per heavy atom. The van der Waals surface area contributed by atoms with Gasteiger partial charge in [-0.2, -0.15) is 0 Å². The van der Waals surface area contributed by atoms with E-state index in [9.17, 15) is 5.11 Å². The predicted molar refractivity (Wildman–Crippen MR) is 72.2 cm³/mol. The predicted octanol–water partition coefficient (Wildman–Crippen LogP) is 1.79. The van der Waals surface area contributed by atoms with Crippen molar-refractivity contribution in [1.29, 1.82) is 0 Å². The Labute approximate surface area is 113 Å². The fraction of sp³-hybridized carbons (Fsp3) is 0.538. The van der Waals surface area contributed by atoms with Crippen LogP contribution in [0, 0.1) is 0 Å². The first-order valence-electron chi connectivity index (χ1n) is 5.74. The van der Waals surface area contributed by atoms with Crippen LogP contribution in [0.15, 0.2) is 18.2 Å². The molecule has 1 rings (SSSR count). The molecule has 4 nitrogen and oxygen atoms in total. The van der Waals surface area contributed by atoms with E-state index in [4.69, 9.17) is 21.1 Å². The van der Waals surface area contributed by atoms with Crippen molar-refractivity contribution in [2.75, 3.05) is 34.4 Å². The van der Waals surface area contributed by atoms with Crippen molar-refractivity contribution >= 4 is 11.6 Å². The van der Waals surface area contributed by atoms with Gasteiger partial charge in [0.15, 0.2) is 0 Å². The van der Waals surface area contributed by atoms with Gasteiger partial charge in [-0.25, -0.2) is 0 Å². The van der Waals surface area contributed by atoms with Crippen LogP contribution in [-0.4, -0.2) is 50.5 Å². The molecular formula is C13H20ClNO3. The highest BCUT2D eigenvalue weighted by atomic mass is 35.5. The van der Waals surface area contributed by atoms with Gasteiger partial charge in [0.25, 0.3) is 0 Å². The molecule has 18 heavy (non-hydrogen) atoms. The second-order valence-electron chi connectivity index (χ2n) is 4.26. The van der Waals surface area contributed by atoms with Crippen LogP contribution in [0.2, 0.25) is 5.02 Å². The summed E-state index contributed by atoms with van der Waals surface area (Å²) in [5, 5.41) is 10.3. The average molecular weight is 274 g/mol. The molecular weight excluding hydrogens is 254 g/mol. The Morgan fingerprint density at radius 3 is 2.67 bits per heavy atom. The fourth-order valence-corrected chi connectivity index (χ4v) is 1.97. The van der Waals surface area contributed by atoms with Crippen LogP contribution in [-0.2, 0) is 11.3 Å². The number of halogens is 1. The van der Waals surface area contributed by atoms with Crippen molar-refractivity contribution in [3.05, 3.63) is 28.8 Å². The van der Waals surface area contributed by atoms with Gasteiger partial charge in [0.1, 0.15) is 5.75 Å². The highest BCUT2D eigenvalue weighted by molar-refractivity contribution is 6.31. The molecule has 0 bridgehead atoms. The second-order valence-corrected chi connectivity index (χ2v) is 4.67. The van der Waals surface area contributed by atoms with Crippen molar-refractivity contribution in [2.45, 2.75) is 12.6 Å². The maximum atomic E-state index is 9.63. The zero-order valence-corrected chi connectivity index (χ0v) is 11.8. The molecule has 1 aromatic rings. The number of rotatable bonds is 7. The van der Waals surface area contributed by atoms with Gasteiger partial charge in [-0.15, -0.1) is 0 Å². The van der Waals surface area contributed by atoms with Crippen LogP contribution in [0.25, 0.3) is 0 Å². The quantitative estimate of drug-likeness (QED) is 0.822. The van der Waals surface area contributed by atoms with E-state index in [1.807, 2.05) is 24.1 Å². The summed E-state index contributed by atoms with van der Waals surface area (Å²) in [6, 6.07) is 5.59. The molecule has 0 spiro atoms. The Bertz CT molecular complexity index is 373. The van der Waals surface area contributed by atoms with Crippen molar-refractivity contribution in [1.82, 2.24) is 4.90 Å². The van der Waals surface area contributed by atoms with Crippen LogP contribution in [0.5, 0.6) is 5.75 Å². The monoisotopic (exact) mass is 273 g/mol. The van der Waals surface area contributed by atoms with Crippen LogP contribution in [0.4, 0.5) is 0 Å². The van der Waals surface area contributed by atoms with E-state index in [1.54, 1.807) is 20.3 Å². The normalized spacial score (nSPS) is 12.8. The Morgan fingerprint density at radius 2 is 2.11 bits per heavy atom. The van der Waals surface area contributed by atoms with Gasteiger partial charge < -0.3 is 14.6 Å². The lowest BCUT2D eigenvalue weighted by molar-refractivity contribution is 0.0419. The summed E-state index contributed by atoms with van der Waals surface area (Å²) in [6.45, 7) is 1.54. The van der Waals surface area contributed by atoms with Crippen molar-refractivity contribution in [3.8, 4) is 5.75 Å².